The zero-order valence-electron chi connectivity index (χ0n) is 10.1. The average molecular weight is 288 g/mol. The smallest absolute Gasteiger partial charge is 0.260 e. The maximum Gasteiger partial charge on any atom is 0.260 e. The Labute approximate surface area is 111 Å². The van der Waals surface area contributed by atoms with E-state index >= 15 is 0 Å². The summed E-state index contributed by atoms with van der Waals surface area (Å²) in [5.74, 6) is 0.815. The molecular formula is C11H16N2O3S2. The zero-order chi connectivity index (χ0) is 13.2. The summed E-state index contributed by atoms with van der Waals surface area (Å²) < 4.78 is 26.1. The van der Waals surface area contributed by atoms with Crippen LogP contribution in [0, 0.1) is 0 Å². The van der Waals surface area contributed by atoms with Crippen LogP contribution in [0.1, 0.15) is 12.5 Å². The first kappa shape index (κ1) is 13.8. The lowest BCUT2D eigenvalue weighted by molar-refractivity contribution is 0.281. The molecule has 1 atom stereocenters. The summed E-state index contributed by atoms with van der Waals surface area (Å²) in [4.78, 5) is 3.93. The SMILES string of the molecule is CC1CN(S(=O)(=O)c2ccc(CO)cn2)CCS1. The molecule has 2 rings (SSSR count). The van der Waals surface area contributed by atoms with Crippen molar-refractivity contribution in [3.8, 4) is 0 Å². The number of pyridine rings is 1. The Balaban J connectivity index is 2.23. The molecule has 0 radical (unpaired) electrons. The first-order valence-electron chi connectivity index (χ1n) is 5.71. The second-order valence-electron chi connectivity index (χ2n) is 4.21. The Hall–Kier alpha value is -0.630. The number of hydrogen-bond donors (Lipinski definition) is 1. The molecule has 0 amide bonds. The van der Waals surface area contributed by atoms with Crippen molar-refractivity contribution in [1.82, 2.24) is 9.29 Å². The number of aliphatic hydroxyl groups is 1. The van der Waals surface area contributed by atoms with Crippen LogP contribution in [0.2, 0.25) is 0 Å². The summed E-state index contributed by atoms with van der Waals surface area (Å²) in [6.45, 7) is 2.94. The van der Waals surface area contributed by atoms with Crippen LogP contribution in [0.4, 0.5) is 0 Å². The molecule has 1 aromatic rings. The molecule has 100 valence electrons. The van der Waals surface area contributed by atoms with Crippen LogP contribution < -0.4 is 0 Å². The quantitative estimate of drug-likeness (QED) is 0.886. The number of thioether (sulfide) groups is 1. The van der Waals surface area contributed by atoms with Crippen molar-refractivity contribution >= 4 is 21.8 Å². The number of nitrogens with zero attached hydrogens (tertiary/aromatic N) is 2. The molecule has 0 spiro atoms. The molecule has 7 heteroatoms. The van der Waals surface area contributed by atoms with E-state index in [0.717, 1.165) is 5.75 Å². The molecule has 0 saturated carbocycles. The lowest BCUT2D eigenvalue weighted by atomic mass is 10.3. The summed E-state index contributed by atoms with van der Waals surface area (Å²) in [5, 5.41) is 9.28. The molecule has 1 fully saturated rings. The van der Waals surface area contributed by atoms with Crippen LogP contribution >= 0.6 is 11.8 Å². The van der Waals surface area contributed by atoms with Crippen molar-refractivity contribution in [2.24, 2.45) is 0 Å². The zero-order valence-corrected chi connectivity index (χ0v) is 11.7. The first-order chi connectivity index (χ1) is 8.54. The number of sulfonamides is 1. The maximum absolute atomic E-state index is 12.3. The number of aromatic nitrogens is 1. The van der Waals surface area contributed by atoms with E-state index in [0.29, 0.717) is 23.9 Å². The van der Waals surface area contributed by atoms with E-state index in [1.54, 1.807) is 17.8 Å². The van der Waals surface area contributed by atoms with Gasteiger partial charge in [0.15, 0.2) is 5.03 Å². The van der Waals surface area contributed by atoms with E-state index in [-0.39, 0.29) is 11.6 Å². The van der Waals surface area contributed by atoms with Crippen LogP contribution in [0.25, 0.3) is 0 Å². The van der Waals surface area contributed by atoms with E-state index in [1.165, 1.54) is 16.6 Å². The van der Waals surface area contributed by atoms with Crippen LogP contribution in [0.3, 0.4) is 0 Å². The van der Waals surface area contributed by atoms with Crippen molar-refractivity contribution in [3.63, 3.8) is 0 Å². The number of aliphatic hydroxyl groups excluding tert-OH is 1. The summed E-state index contributed by atoms with van der Waals surface area (Å²) >= 11 is 1.78. The topological polar surface area (TPSA) is 70.5 Å². The van der Waals surface area contributed by atoms with Crippen molar-refractivity contribution in [3.05, 3.63) is 23.9 Å². The minimum atomic E-state index is -3.49. The van der Waals surface area contributed by atoms with Crippen molar-refractivity contribution in [1.29, 1.82) is 0 Å². The Morgan fingerprint density at radius 2 is 2.33 bits per heavy atom. The van der Waals surface area contributed by atoms with Crippen LogP contribution in [0.5, 0.6) is 0 Å². The largest absolute Gasteiger partial charge is 0.392 e. The first-order valence-corrected chi connectivity index (χ1v) is 8.20. The van der Waals surface area contributed by atoms with Gasteiger partial charge in [0.1, 0.15) is 0 Å². The Bertz CT molecular complexity index is 502. The fraction of sp³-hybridized carbons (Fsp3) is 0.545. The molecular weight excluding hydrogens is 272 g/mol. The highest BCUT2D eigenvalue weighted by molar-refractivity contribution is 8.00. The van der Waals surface area contributed by atoms with Crippen molar-refractivity contribution in [2.75, 3.05) is 18.8 Å². The highest BCUT2D eigenvalue weighted by Gasteiger charge is 2.29. The van der Waals surface area contributed by atoms with Gasteiger partial charge < -0.3 is 5.11 Å². The van der Waals surface area contributed by atoms with Gasteiger partial charge in [-0.15, -0.1) is 0 Å². The van der Waals surface area contributed by atoms with E-state index in [2.05, 4.69) is 4.98 Å². The summed E-state index contributed by atoms with van der Waals surface area (Å²) in [6, 6.07) is 3.04. The Morgan fingerprint density at radius 1 is 1.56 bits per heavy atom. The predicted octanol–water partition coefficient (Wildman–Crippen LogP) is 0.700. The lowest BCUT2D eigenvalue weighted by Crippen LogP contribution is -2.41. The third-order valence-corrected chi connectivity index (χ3v) is 5.71. The fourth-order valence-corrected chi connectivity index (χ4v) is 4.46. The van der Waals surface area contributed by atoms with Gasteiger partial charge in [0.2, 0.25) is 0 Å². The van der Waals surface area contributed by atoms with Crippen LogP contribution in [-0.4, -0.2) is 46.9 Å². The molecule has 0 aliphatic carbocycles. The molecule has 0 bridgehead atoms. The maximum atomic E-state index is 12.3. The van der Waals surface area contributed by atoms with Gasteiger partial charge in [0, 0.05) is 30.3 Å². The molecule has 1 aromatic heterocycles. The molecule has 1 aliphatic rings. The van der Waals surface area contributed by atoms with Gasteiger partial charge in [0.05, 0.1) is 6.61 Å². The minimum absolute atomic E-state index is 0.0544. The molecule has 1 saturated heterocycles. The summed E-state index contributed by atoms with van der Waals surface area (Å²) in [7, 11) is -3.49. The molecule has 1 aliphatic heterocycles. The molecule has 18 heavy (non-hydrogen) atoms. The second-order valence-corrected chi connectivity index (χ2v) is 7.64. The normalized spacial score (nSPS) is 22.0. The highest BCUT2D eigenvalue weighted by atomic mass is 32.2. The van der Waals surface area contributed by atoms with Crippen LogP contribution in [-0.2, 0) is 16.6 Å². The third-order valence-electron chi connectivity index (χ3n) is 2.79. The molecule has 0 aromatic carbocycles. The van der Waals surface area contributed by atoms with E-state index < -0.39 is 10.0 Å². The van der Waals surface area contributed by atoms with E-state index in [1.807, 2.05) is 6.92 Å². The monoisotopic (exact) mass is 288 g/mol. The Kier molecular flexibility index (Phi) is 4.26. The van der Waals surface area contributed by atoms with Gasteiger partial charge in [0.25, 0.3) is 10.0 Å². The highest BCUT2D eigenvalue weighted by Crippen LogP contribution is 2.23. The second kappa shape index (κ2) is 5.56. The Morgan fingerprint density at radius 3 is 2.89 bits per heavy atom. The number of hydrogen-bond acceptors (Lipinski definition) is 5. The molecule has 1 N–H and O–H groups in total. The average Bonchev–Trinajstić information content (AvgIpc) is 2.39. The van der Waals surface area contributed by atoms with Gasteiger partial charge in [-0.05, 0) is 11.6 Å². The third kappa shape index (κ3) is 2.85. The standard InChI is InChI=1S/C11H16N2O3S2/c1-9-7-13(4-5-17-9)18(15,16)11-3-2-10(8-14)6-12-11/h2-3,6,9,14H,4-5,7-8H2,1H3. The van der Waals surface area contributed by atoms with Crippen molar-refractivity contribution < 1.29 is 13.5 Å². The summed E-state index contributed by atoms with van der Waals surface area (Å²) in [5.41, 5.74) is 0.608. The van der Waals surface area contributed by atoms with E-state index in [9.17, 15) is 8.42 Å². The number of rotatable bonds is 3. The molecule has 1 unspecified atom stereocenters. The van der Waals surface area contributed by atoms with Gasteiger partial charge in [-0.2, -0.15) is 16.1 Å². The summed E-state index contributed by atoms with van der Waals surface area (Å²) in [6.07, 6.45) is 1.40. The van der Waals surface area contributed by atoms with E-state index in [4.69, 9.17) is 5.11 Å². The van der Waals surface area contributed by atoms with Crippen LogP contribution in [0.15, 0.2) is 23.4 Å². The van der Waals surface area contributed by atoms with Gasteiger partial charge in [-0.3, -0.25) is 0 Å². The fourth-order valence-electron chi connectivity index (χ4n) is 1.79. The lowest BCUT2D eigenvalue weighted by Gasteiger charge is -2.29. The minimum Gasteiger partial charge on any atom is -0.392 e. The predicted molar refractivity (Wildman–Crippen MR) is 70.8 cm³/mol. The molecule has 2 heterocycles. The van der Waals surface area contributed by atoms with Gasteiger partial charge in [-0.1, -0.05) is 13.0 Å². The van der Waals surface area contributed by atoms with Gasteiger partial charge >= 0.3 is 0 Å². The van der Waals surface area contributed by atoms with Gasteiger partial charge in [-0.25, -0.2) is 13.4 Å². The van der Waals surface area contributed by atoms with Crippen molar-refractivity contribution in [2.45, 2.75) is 23.8 Å². The molecule has 5 nitrogen and oxygen atoms in total.